The van der Waals surface area contributed by atoms with Crippen LogP contribution < -0.4 is 0 Å². The summed E-state index contributed by atoms with van der Waals surface area (Å²) in [5.41, 5.74) is 1.10. The summed E-state index contributed by atoms with van der Waals surface area (Å²) in [7, 11) is 1.31. The van der Waals surface area contributed by atoms with Gasteiger partial charge in [-0.3, -0.25) is 0 Å². The van der Waals surface area contributed by atoms with Crippen LogP contribution in [0.15, 0.2) is 36.8 Å². The highest BCUT2D eigenvalue weighted by Crippen LogP contribution is 2.09. The lowest BCUT2D eigenvalue weighted by Crippen LogP contribution is -2.10. The van der Waals surface area contributed by atoms with E-state index in [0.717, 1.165) is 5.56 Å². The minimum Gasteiger partial charge on any atom is -0.464 e. The van der Waals surface area contributed by atoms with Crippen molar-refractivity contribution < 1.29 is 13.9 Å². The van der Waals surface area contributed by atoms with Crippen molar-refractivity contribution in [3.05, 3.63) is 53.9 Å². The Balaban J connectivity index is 2.25. The summed E-state index contributed by atoms with van der Waals surface area (Å²) in [6, 6.07) is 6.20. The number of carbonyl (C=O) groups is 1. The molecule has 0 radical (unpaired) electrons. The molecule has 1 aromatic carbocycles. The zero-order valence-corrected chi connectivity index (χ0v) is 9.26. The van der Waals surface area contributed by atoms with Gasteiger partial charge in [-0.2, -0.15) is 0 Å². The van der Waals surface area contributed by atoms with E-state index in [1.807, 2.05) is 0 Å². The predicted molar refractivity (Wildman–Crippen MR) is 59.1 cm³/mol. The summed E-state index contributed by atoms with van der Waals surface area (Å²) in [6.45, 7) is 0.377. The first kappa shape index (κ1) is 11.3. The molecule has 0 aliphatic heterocycles. The van der Waals surface area contributed by atoms with Crippen LogP contribution in [0.2, 0.25) is 0 Å². The molecule has 0 saturated carbocycles. The van der Waals surface area contributed by atoms with Gasteiger partial charge in [0, 0.05) is 6.54 Å². The molecule has 0 aliphatic carbocycles. The van der Waals surface area contributed by atoms with E-state index in [2.05, 4.69) is 9.72 Å². The SMILES string of the molecule is COC(=O)c1cncn1Cc1cccc(F)c1. The second-order valence-corrected chi connectivity index (χ2v) is 3.53. The third kappa shape index (κ3) is 2.50. The first-order valence-electron chi connectivity index (χ1n) is 5.03. The summed E-state index contributed by atoms with van der Waals surface area (Å²) in [5, 5.41) is 0. The van der Waals surface area contributed by atoms with E-state index >= 15 is 0 Å². The van der Waals surface area contributed by atoms with Crippen LogP contribution in [0.5, 0.6) is 0 Å². The number of hydrogen-bond donors (Lipinski definition) is 0. The van der Waals surface area contributed by atoms with Gasteiger partial charge < -0.3 is 9.30 Å². The van der Waals surface area contributed by atoms with Gasteiger partial charge in [-0.15, -0.1) is 0 Å². The van der Waals surface area contributed by atoms with Crippen molar-refractivity contribution in [3.8, 4) is 0 Å². The highest BCUT2D eigenvalue weighted by Gasteiger charge is 2.11. The van der Waals surface area contributed by atoms with E-state index in [1.165, 1.54) is 31.8 Å². The lowest BCUT2D eigenvalue weighted by atomic mass is 10.2. The Hall–Kier alpha value is -2.17. The van der Waals surface area contributed by atoms with Gasteiger partial charge in [0.15, 0.2) is 0 Å². The maximum atomic E-state index is 13.0. The van der Waals surface area contributed by atoms with Gasteiger partial charge in [-0.1, -0.05) is 12.1 Å². The molecule has 1 heterocycles. The second kappa shape index (κ2) is 4.78. The minimum atomic E-state index is -0.459. The smallest absolute Gasteiger partial charge is 0.356 e. The normalized spacial score (nSPS) is 10.2. The van der Waals surface area contributed by atoms with Gasteiger partial charge in [0.25, 0.3) is 0 Å². The fraction of sp³-hybridized carbons (Fsp3) is 0.167. The Labute approximate surface area is 97.7 Å². The molecule has 0 amide bonds. The Kier molecular flexibility index (Phi) is 3.18. The lowest BCUT2D eigenvalue weighted by molar-refractivity contribution is 0.0589. The van der Waals surface area contributed by atoms with Gasteiger partial charge in [0.2, 0.25) is 0 Å². The number of rotatable bonds is 3. The monoisotopic (exact) mass is 234 g/mol. The molecule has 0 N–H and O–H groups in total. The van der Waals surface area contributed by atoms with Gasteiger partial charge in [0.1, 0.15) is 11.5 Å². The van der Waals surface area contributed by atoms with Crippen LogP contribution in [0.3, 0.4) is 0 Å². The highest BCUT2D eigenvalue weighted by atomic mass is 19.1. The number of esters is 1. The summed E-state index contributed by atoms with van der Waals surface area (Å²) in [4.78, 5) is 15.3. The van der Waals surface area contributed by atoms with Crippen molar-refractivity contribution in [3.63, 3.8) is 0 Å². The van der Waals surface area contributed by atoms with E-state index < -0.39 is 5.97 Å². The van der Waals surface area contributed by atoms with Crippen LogP contribution in [0.4, 0.5) is 4.39 Å². The molecule has 0 atom stereocenters. The maximum absolute atomic E-state index is 13.0. The molecule has 2 rings (SSSR count). The number of imidazole rings is 1. The zero-order chi connectivity index (χ0) is 12.3. The third-order valence-corrected chi connectivity index (χ3v) is 2.35. The molecule has 4 nitrogen and oxygen atoms in total. The Morgan fingerprint density at radius 1 is 1.53 bits per heavy atom. The molecule has 0 saturated heterocycles. The van der Waals surface area contributed by atoms with Crippen molar-refractivity contribution in [1.29, 1.82) is 0 Å². The summed E-state index contributed by atoms with van der Waals surface area (Å²) in [5.74, 6) is -0.763. The fourth-order valence-corrected chi connectivity index (χ4v) is 1.55. The van der Waals surface area contributed by atoms with Gasteiger partial charge in [0.05, 0.1) is 19.6 Å². The van der Waals surface area contributed by atoms with Crippen LogP contribution >= 0.6 is 0 Å². The summed E-state index contributed by atoms with van der Waals surface area (Å²) >= 11 is 0. The van der Waals surface area contributed by atoms with Crippen LogP contribution in [-0.2, 0) is 11.3 Å². The number of methoxy groups -OCH3 is 1. The molecule has 0 bridgehead atoms. The first-order valence-corrected chi connectivity index (χ1v) is 5.03. The second-order valence-electron chi connectivity index (χ2n) is 3.53. The zero-order valence-electron chi connectivity index (χ0n) is 9.26. The lowest BCUT2D eigenvalue weighted by Gasteiger charge is -2.06. The molecule has 0 spiro atoms. The Bertz CT molecular complexity index is 537. The van der Waals surface area contributed by atoms with Crippen molar-refractivity contribution >= 4 is 5.97 Å². The molecule has 5 heteroatoms. The fourth-order valence-electron chi connectivity index (χ4n) is 1.55. The molecule has 0 fully saturated rings. The Morgan fingerprint density at radius 3 is 3.06 bits per heavy atom. The maximum Gasteiger partial charge on any atom is 0.356 e. The topological polar surface area (TPSA) is 44.1 Å². The van der Waals surface area contributed by atoms with Crippen LogP contribution in [-0.4, -0.2) is 22.6 Å². The number of aromatic nitrogens is 2. The number of benzene rings is 1. The molecule has 88 valence electrons. The molecule has 0 aliphatic rings. The minimum absolute atomic E-state index is 0.303. The van der Waals surface area contributed by atoms with Gasteiger partial charge >= 0.3 is 5.97 Å². The standard InChI is InChI=1S/C12H11FN2O2/c1-17-12(16)11-6-14-8-15(11)7-9-3-2-4-10(13)5-9/h2-6,8H,7H2,1H3. The molecule has 2 aromatic rings. The first-order chi connectivity index (χ1) is 8.20. The summed E-state index contributed by atoms with van der Waals surface area (Å²) in [6.07, 6.45) is 2.93. The highest BCUT2D eigenvalue weighted by molar-refractivity contribution is 5.87. The summed E-state index contributed by atoms with van der Waals surface area (Å²) < 4.78 is 19.2. The van der Waals surface area contributed by atoms with E-state index in [9.17, 15) is 9.18 Å². The number of nitrogens with zero attached hydrogens (tertiary/aromatic N) is 2. The molecular formula is C12H11FN2O2. The van der Waals surface area contributed by atoms with Crippen LogP contribution in [0, 0.1) is 5.82 Å². The molecule has 1 aromatic heterocycles. The molecule has 0 unspecified atom stereocenters. The van der Waals surface area contributed by atoms with Crippen LogP contribution in [0.25, 0.3) is 0 Å². The molecule has 17 heavy (non-hydrogen) atoms. The number of ether oxygens (including phenoxy) is 1. The average Bonchev–Trinajstić information content (AvgIpc) is 2.76. The van der Waals surface area contributed by atoms with Crippen molar-refractivity contribution in [2.24, 2.45) is 0 Å². The number of hydrogen-bond acceptors (Lipinski definition) is 3. The average molecular weight is 234 g/mol. The molecular weight excluding hydrogens is 223 g/mol. The van der Waals surface area contributed by atoms with E-state index in [0.29, 0.717) is 12.2 Å². The van der Waals surface area contributed by atoms with E-state index in [1.54, 1.807) is 16.7 Å². The van der Waals surface area contributed by atoms with Gasteiger partial charge in [-0.05, 0) is 17.7 Å². The third-order valence-electron chi connectivity index (χ3n) is 2.35. The Morgan fingerprint density at radius 2 is 2.35 bits per heavy atom. The quantitative estimate of drug-likeness (QED) is 0.761. The number of halogens is 1. The number of carbonyl (C=O) groups excluding carboxylic acids is 1. The van der Waals surface area contributed by atoms with Crippen molar-refractivity contribution in [2.75, 3.05) is 7.11 Å². The van der Waals surface area contributed by atoms with Crippen molar-refractivity contribution in [1.82, 2.24) is 9.55 Å². The van der Waals surface area contributed by atoms with Gasteiger partial charge in [-0.25, -0.2) is 14.2 Å². The predicted octanol–water partition coefficient (Wildman–Crippen LogP) is 1.86. The van der Waals surface area contributed by atoms with E-state index in [4.69, 9.17) is 0 Å². The van der Waals surface area contributed by atoms with E-state index in [-0.39, 0.29) is 5.82 Å². The van der Waals surface area contributed by atoms with Crippen molar-refractivity contribution in [2.45, 2.75) is 6.54 Å². The largest absolute Gasteiger partial charge is 0.464 e. The van der Waals surface area contributed by atoms with Crippen LogP contribution in [0.1, 0.15) is 16.1 Å².